The van der Waals surface area contributed by atoms with E-state index < -0.39 is 0 Å². The first-order chi connectivity index (χ1) is 9.11. The molecule has 0 aliphatic heterocycles. The minimum absolute atomic E-state index is 0.0507. The van der Waals surface area contributed by atoms with Gasteiger partial charge in [-0.3, -0.25) is 4.79 Å². The van der Waals surface area contributed by atoms with Crippen LogP contribution in [0.4, 0.5) is 0 Å². The fraction of sp³-hybridized carbons (Fsp3) is 0.385. The minimum atomic E-state index is -0.215. The summed E-state index contributed by atoms with van der Waals surface area (Å²) in [4.78, 5) is 17.2. The van der Waals surface area contributed by atoms with E-state index in [0.717, 1.165) is 4.88 Å². The predicted molar refractivity (Wildman–Crippen MR) is 73.2 cm³/mol. The topological polar surface area (TPSA) is 75.4 Å². The highest BCUT2D eigenvalue weighted by Gasteiger charge is 2.18. The van der Waals surface area contributed by atoms with Crippen molar-refractivity contribution < 1.29 is 14.3 Å². The van der Waals surface area contributed by atoms with Gasteiger partial charge in [-0.1, -0.05) is 0 Å². The van der Waals surface area contributed by atoms with Crippen molar-refractivity contribution in [2.45, 2.75) is 26.3 Å². The van der Waals surface area contributed by atoms with E-state index in [9.17, 15) is 4.79 Å². The van der Waals surface area contributed by atoms with Crippen LogP contribution in [0.15, 0.2) is 22.8 Å². The first-order valence-electron chi connectivity index (χ1n) is 6.05. The molecule has 6 heteroatoms. The summed E-state index contributed by atoms with van der Waals surface area (Å²) in [5.74, 6) is 0.447. The molecule has 0 aromatic carbocycles. The SMILES string of the molecule is Cc1sc(-c2ccco2)nc1C(=O)NC(C)CCO. The minimum Gasteiger partial charge on any atom is -0.462 e. The van der Waals surface area contributed by atoms with Gasteiger partial charge < -0.3 is 14.8 Å². The second-order valence-corrected chi connectivity index (χ2v) is 5.49. The number of amides is 1. The number of carbonyl (C=O) groups excluding carboxylic acids is 1. The fourth-order valence-electron chi connectivity index (χ4n) is 1.67. The molecule has 19 heavy (non-hydrogen) atoms. The van der Waals surface area contributed by atoms with Gasteiger partial charge in [-0.05, 0) is 32.4 Å². The summed E-state index contributed by atoms with van der Waals surface area (Å²) in [7, 11) is 0. The third-order valence-electron chi connectivity index (χ3n) is 2.68. The molecule has 0 aliphatic rings. The summed E-state index contributed by atoms with van der Waals surface area (Å²) in [5, 5.41) is 12.3. The monoisotopic (exact) mass is 280 g/mol. The van der Waals surface area contributed by atoms with E-state index in [4.69, 9.17) is 9.52 Å². The lowest BCUT2D eigenvalue weighted by molar-refractivity contribution is 0.0929. The van der Waals surface area contributed by atoms with Crippen molar-refractivity contribution in [2.24, 2.45) is 0 Å². The summed E-state index contributed by atoms with van der Waals surface area (Å²) < 4.78 is 5.27. The number of hydrogen-bond acceptors (Lipinski definition) is 5. The van der Waals surface area contributed by atoms with Crippen molar-refractivity contribution in [3.63, 3.8) is 0 Å². The molecule has 0 saturated heterocycles. The molecule has 2 aromatic rings. The van der Waals surface area contributed by atoms with Crippen LogP contribution in [0.2, 0.25) is 0 Å². The van der Waals surface area contributed by atoms with Gasteiger partial charge in [-0.2, -0.15) is 0 Å². The molecule has 5 nitrogen and oxygen atoms in total. The summed E-state index contributed by atoms with van der Waals surface area (Å²) in [6.07, 6.45) is 2.11. The van der Waals surface area contributed by atoms with Crippen LogP contribution < -0.4 is 5.32 Å². The summed E-state index contributed by atoms with van der Waals surface area (Å²) >= 11 is 1.43. The fourth-order valence-corrected chi connectivity index (χ4v) is 2.55. The van der Waals surface area contributed by atoms with Crippen molar-refractivity contribution in [3.05, 3.63) is 29.0 Å². The van der Waals surface area contributed by atoms with Crippen LogP contribution in [0.1, 0.15) is 28.7 Å². The maximum Gasteiger partial charge on any atom is 0.271 e. The number of nitrogens with zero attached hydrogens (tertiary/aromatic N) is 1. The number of aromatic nitrogens is 1. The summed E-state index contributed by atoms with van der Waals surface area (Å²) in [6, 6.07) is 3.52. The van der Waals surface area contributed by atoms with Gasteiger partial charge in [0.1, 0.15) is 5.69 Å². The maximum atomic E-state index is 12.1. The molecule has 0 bridgehead atoms. The van der Waals surface area contributed by atoms with Crippen LogP contribution in [0.25, 0.3) is 10.8 Å². The highest BCUT2D eigenvalue weighted by atomic mass is 32.1. The van der Waals surface area contributed by atoms with Crippen LogP contribution >= 0.6 is 11.3 Å². The third kappa shape index (κ3) is 3.21. The maximum absolute atomic E-state index is 12.1. The number of nitrogens with one attached hydrogen (secondary N) is 1. The Bertz CT molecular complexity index is 548. The summed E-state index contributed by atoms with van der Waals surface area (Å²) in [6.45, 7) is 3.76. The molecule has 0 saturated carbocycles. The number of hydrogen-bond donors (Lipinski definition) is 2. The lowest BCUT2D eigenvalue weighted by Crippen LogP contribution is -2.33. The van der Waals surface area contributed by atoms with E-state index >= 15 is 0 Å². The van der Waals surface area contributed by atoms with Gasteiger partial charge in [0.2, 0.25) is 0 Å². The van der Waals surface area contributed by atoms with E-state index in [0.29, 0.717) is 22.9 Å². The van der Waals surface area contributed by atoms with Crippen LogP contribution in [0.3, 0.4) is 0 Å². The Hall–Kier alpha value is -1.66. The lowest BCUT2D eigenvalue weighted by atomic mass is 10.2. The Morgan fingerprint density at radius 3 is 3.05 bits per heavy atom. The van der Waals surface area contributed by atoms with Crippen LogP contribution in [0, 0.1) is 6.92 Å². The van der Waals surface area contributed by atoms with E-state index in [1.54, 1.807) is 12.3 Å². The van der Waals surface area contributed by atoms with Gasteiger partial charge in [0.15, 0.2) is 10.8 Å². The molecule has 2 heterocycles. The third-order valence-corrected chi connectivity index (χ3v) is 3.67. The standard InChI is InChI=1S/C13H16N2O3S/c1-8(5-6-16)14-12(17)11-9(2)19-13(15-11)10-4-3-7-18-10/h3-4,7-8,16H,5-6H2,1-2H3,(H,14,17). The smallest absolute Gasteiger partial charge is 0.271 e. The Morgan fingerprint density at radius 1 is 1.63 bits per heavy atom. The molecule has 2 N–H and O–H groups in total. The molecule has 1 amide bonds. The average molecular weight is 280 g/mol. The second-order valence-electron chi connectivity index (χ2n) is 4.29. The Balaban J connectivity index is 2.14. The van der Waals surface area contributed by atoms with Crippen molar-refractivity contribution in [1.82, 2.24) is 10.3 Å². The lowest BCUT2D eigenvalue weighted by Gasteiger charge is -2.11. The first-order valence-corrected chi connectivity index (χ1v) is 6.86. The average Bonchev–Trinajstić information content (AvgIpc) is 2.97. The number of furan rings is 1. The van der Waals surface area contributed by atoms with Crippen molar-refractivity contribution in [1.29, 1.82) is 0 Å². The van der Waals surface area contributed by atoms with Crippen LogP contribution in [-0.4, -0.2) is 28.6 Å². The summed E-state index contributed by atoms with van der Waals surface area (Å²) in [5.41, 5.74) is 0.418. The zero-order valence-electron chi connectivity index (χ0n) is 10.8. The normalized spacial score (nSPS) is 12.4. The van der Waals surface area contributed by atoms with Gasteiger partial charge in [-0.15, -0.1) is 11.3 Å². The number of aryl methyl sites for hydroxylation is 1. The number of rotatable bonds is 5. The Labute approximate surface area is 115 Å². The molecule has 102 valence electrons. The molecule has 0 aliphatic carbocycles. The first kappa shape index (κ1) is 13.8. The number of thiazole rings is 1. The van der Waals surface area contributed by atoms with Crippen molar-refractivity contribution >= 4 is 17.2 Å². The van der Waals surface area contributed by atoms with Crippen LogP contribution in [-0.2, 0) is 0 Å². The molecule has 0 radical (unpaired) electrons. The molecule has 1 unspecified atom stereocenters. The number of aliphatic hydroxyl groups excluding tert-OH is 1. The quantitative estimate of drug-likeness (QED) is 0.880. The zero-order chi connectivity index (χ0) is 13.8. The molecule has 2 rings (SSSR count). The second kappa shape index (κ2) is 5.99. The molecule has 1 atom stereocenters. The van der Waals surface area contributed by atoms with Crippen LogP contribution in [0.5, 0.6) is 0 Å². The zero-order valence-corrected chi connectivity index (χ0v) is 11.7. The van der Waals surface area contributed by atoms with E-state index in [1.807, 2.05) is 19.9 Å². The van der Waals surface area contributed by atoms with Gasteiger partial charge in [0.25, 0.3) is 5.91 Å². The van der Waals surface area contributed by atoms with Crippen molar-refractivity contribution in [2.75, 3.05) is 6.61 Å². The van der Waals surface area contributed by atoms with Crippen molar-refractivity contribution in [3.8, 4) is 10.8 Å². The number of carbonyl (C=O) groups is 1. The molecule has 0 spiro atoms. The highest BCUT2D eigenvalue weighted by Crippen LogP contribution is 2.27. The van der Waals surface area contributed by atoms with E-state index in [1.165, 1.54) is 11.3 Å². The largest absolute Gasteiger partial charge is 0.462 e. The van der Waals surface area contributed by atoms with E-state index in [2.05, 4.69) is 10.3 Å². The Morgan fingerprint density at radius 2 is 2.42 bits per heavy atom. The van der Waals surface area contributed by atoms with Gasteiger partial charge in [0.05, 0.1) is 6.26 Å². The molecule has 2 aromatic heterocycles. The molecular weight excluding hydrogens is 264 g/mol. The highest BCUT2D eigenvalue weighted by molar-refractivity contribution is 7.15. The molecule has 0 fully saturated rings. The van der Waals surface area contributed by atoms with Gasteiger partial charge in [0, 0.05) is 17.5 Å². The van der Waals surface area contributed by atoms with E-state index in [-0.39, 0.29) is 18.6 Å². The Kier molecular flexibility index (Phi) is 4.34. The van der Waals surface area contributed by atoms with Gasteiger partial charge >= 0.3 is 0 Å². The number of aliphatic hydroxyl groups is 1. The van der Waals surface area contributed by atoms with Gasteiger partial charge in [-0.25, -0.2) is 4.98 Å². The predicted octanol–water partition coefficient (Wildman–Crippen LogP) is 2.21. The molecular formula is C13H16N2O3S.